The van der Waals surface area contributed by atoms with E-state index in [9.17, 15) is 13.9 Å². The minimum absolute atomic E-state index is 0.0898. The van der Waals surface area contributed by atoms with Crippen molar-refractivity contribution in [2.45, 2.75) is 33.2 Å². The number of halogens is 2. The molecule has 1 heterocycles. The zero-order valence-electron chi connectivity index (χ0n) is 11.8. The summed E-state index contributed by atoms with van der Waals surface area (Å²) in [7, 11) is 0. The number of phenolic OH excluding ortho intramolecular Hbond substituents is 1. The van der Waals surface area contributed by atoms with Crippen LogP contribution in [0.5, 0.6) is 5.75 Å². The van der Waals surface area contributed by atoms with Crippen LogP contribution in [0.3, 0.4) is 0 Å². The Morgan fingerprint density at radius 2 is 1.85 bits per heavy atom. The van der Waals surface area contributed by atoms with Crippen molar-refractivity contribution in [3.8, 4) is 16.9 Å². The highest BCUT2D eigenvalue weighted by molar-refractivity contribution is 5.78. The van der Waals surface area contributed by atoms with E-state index in [2.05, 4.69) is 5.10 Å². The SMILES string of the molecule is Cc1nn(C(C)(C)C)c(N)c1-c1cc(F)cc(O)c1F. The summed E-state index contributed by atoms with van der Waals surface area (Å²) in [6, 6.07) is 1.72. The first-order chi connectivity index (χ1) is 9.12. The molecule has 0 saturated heterocycles. The van der Waals surface area contributed by atoms with Gasteiger partial charge in [-0.2, -0.15) is 5.10 Å². The third-order valence-corrected chi connectivity index (χ3v) is 3.02. The topological polar surface area (TPSA) is 64.1 Å². The fourth-order valence-corrected chi connectivity index (χ4v) is 2.15. The van der Waals surface area contributed by atoms with E-state index in [4.69, 9.17) is 5.73 Å². The van der Waals surface area contributed by atoms with Crippen LogP contribution in [0.25, 0.3) is 11.1 Å². The maximum absolute atomic E-state index is 14.0. The molecular formula is C14H17F2N3O. The largest absolute Gasteiger partial charge is 0.505 e. The first-order valence-corrected chi connectivity index (χ1v) is 6.17. The third-order valence-electron chi connectivity index (χ3n) is 3.02. The summed E-state index contributed by atoms with van der Waals surface area (Å²) in [6.07, 6.45) is 0. The van der Waals surface area contributed by atoms with Gasteiger partial charge >= 0.3 is 0 Å². The fraction of sp³-hybridized carbons (Fsp3) is 0.357. The smallest absolute Gasteiger partial charge is 0.173 e. The summed E-state index contributed by atoms with van der Waals surface area (Å²) >= 11 is 0. The van der Waals surface area contributed by atoms with Gasteiger partial charge in [0.1, 0.15) is 11.6 Å². The van der Waals surface area contributed by atoms with E-state index < -0.39 is 17.4 Å². The van der Waals surface area contributed by atoms with E-state index in [0.29, 0.717) is 11.3 Å². The van der Waals surface area contributed by atoms with Crippen LogP contribution in [0.2, 0.25) is 0 Å². The van der Waals surface area contributed by atoms with Crippen molar-refractivity contribution in [1.82, 2.24) is 9.78 Å². The lowest BCUT2D eigenvalue weighted by molar-refractivity contribution is 0.360. The Hall–Kier alpha value is -2.11. The number of anilines is 1. The minimum atomic E-state index is -0.908. The zero-order chi connectivity index (χ0) is 15.2. The highest BCUT2D eigenvalue weighted by Gasteiger charge is 2.25. The minimum Gasteiger partial charge on any atom is -0.505 e. The average molecular weight is 281 g/mol. The van der Waals surface area contributed by atoms with Gasteiger partial charge in [0, 0.05) is 17.2 Å². The number of aryl methyl sites for hydroxylation is 1. The van der Waals surface area contributed by atoms with Gasteiger partial charge in [0.05, 0.1) is 11.2 Å². The number of aromatic nitrogens is 2. The Labute approximate surface area is 115 Å². The molecule has 0 radical (unpaired) electrons. The van der Waals surface area contributed by atoms with Crippen LogP contribution in [-0.2, 0) is 5.54 Å². The molecular weight excluding hydrogens is 264 g/mol. The molecule has 0 amide bonds. The van der Waals surface area contributed by atoms with Crippen LogP contribution in [0.15, 0.2) is 12.1 Å². The number of benzene rings is 1. The zero-order valence-corrected chi connectivity index (χ0v) is 11.8. The molecule has 6 heteroatoms. The second-order valence-electron chi connectivity index (χ2n) is 5.71. The van der Waals surface area contributed by atoms with Crippen LogP contribution in [0.1, 0.15) is 26.5 Å². The number of hydrogen-bond donors (Lipinski definition) is 2. The number of hydrogen-bond acceptors (Lipinski definition) is 3. The molecule has 0 unspecified atom stereocenters. The highest BCUT2D eigenvalue weighted by atomic mass is 19.1. The summed E-state index contributed by atoms with van der Waals surface area (Å²) in [5.41, 5.74) is 6.31. The van der Waals surface area contributed by atoms with E-state index in [1.807, 2.05) is 20.8 Å². The fourth-order valence-electron chi connectivity index (χ4n) is 2.15. The normalized spacial score (nSPS) is 11.9. The first kappa shape index (κ1) is 14.3. The van der Waals surface area contributed by atoms with Crippen molar-refractivity contribution in [1.29, 1.82) is 0 Å². The van der Waals surface area contributed by atoms with Gasteiger partial charge in [-0.1, -0.05) is 0 Å². The van der Waals surface area contributed by atoms with E-state index >= 15 is 0 Å². The molecule has 0 aliphatic heterocycles. The van der Waals surface area contributed by atoms with E-state index in [-0.39, 0.29) is 16.9 Å². The Kier molecular flexibility index (Phi) is 3.20. The molecule has 2 rings (SSSR count). The number of nitrogens with two attached hydrogens (primary N) is 1. The molecule has 0 fully saturated rings. The summed E-state index contributed by atoms with van der Waals surface area (Å²) in [5.74, 6) is -2.16. The molecule has 3 N–H and O–H groups in total. The first-order valence-electron chi connectivity index (χ1n) is 6.17. The maximum Gasteiger partial charge on any atom is 0.173 e. The Bertz CT molecular complexity index is 672. The van der Waals surface area contributed by atoms with Gasteiger partial charge in [0.25, 0.3) is 0 Å². The van der Waals surface area contributed by atoms with Crippen molar-refractivity contribution in [2.24, 2.45) is 0 Å². The van der Waals surface area contributed by atoms with Crippen molar-refractivity contribution < 1.29 is 13.9 Å². The van der Waals surface area contributed by atoms with Crippen LogP contribution >= 0.6 is 0 Å². The lowest BCUT2D eigenvalue weighted by Crippen LogP contribution is -2.24. The molecule has 0 saturated carbocycles. The molecule has 1 aromatic heterocycles. The quantitative estimate of drug-likeness (QED) is 0.843. The Morgan fingerprint density at radius 1 is 1.25 bits per heavy atom. The standard InChI is InChI=1S/C14H17F2N3O/c1-7-11(13(17)19(18-7)14(2,3)4)9-5-8(15)6-10(20)12(9)16/h5-6,20H,17H2,1-4H3. The van der Waals surface area contributed by atoms with Crippen molar-refractivity contribution in [3.05, 3.63) is 29.5 Å². The predicted octanol–water partition coefficient (Wildman–Crippen LogP) is 3.18. The number of nitrogen functional groups attached to an aromatic ring is 1. The average Bonchev–Trinajstić information content (AvgIpc) is 2.59. The molecule has 2 aromatic rings. The number of nitrogens with zero attached hydrogens (tertiary/aromatic N) is 2. The van der Waals surface area contributed by atoms with Crippen LogP contribution < -0.4 is 5.73 Å². The molecule has 4 nitrogen and oxygen atoms in total. The molecule has 20 heavy (non-hydrogen) atoms. The number of rotatable bonds is 1. The Morgan fingerprint density at radius 3 is 2.35 bits per heavy atom. The molecule has 0 aliphatic carbocycles. The van der Waals surface area contributed by atoms with Crippen molar-refractivity contribution >= 4 is 5.82 Å². The van der Waals surface area contributed by atoms with Gasteiger partial charge in [-0.25, -0.2) is 13.5 Å². The molecule has 0 atom stereocenters. The molecule has 0 spiro atoms. The lowest BCUT2D eigenvalue weighted by Gasteiger charge is -2.21. The molecule has 1 aromatic carbocycles. The van der Waals surface area contributed by atoms with Crippen molar-refractivity contribution in [2.75, 3.05) is 5.73 Å². The molecule has 108 valence electrons. The van der Waals surface area contributed by atoms with Gasteiger partial charge in [-0.3, -0.25) is 0 Å². The summed E-state index contributed by atoms with van der Waals surface area (Å²) in [5, 5.41) is 13.7. The van der Waals surface area contributed by atoms with Gasteiger partial charge < -0.3 is 10.8 Å². The summed E-state index contributed by atoms with van der Waals surface area (Å²) in [6.45, 7) is 7.37. The lowest BCUT2D eigenvalue weighted by atomic mass is 10.0. The monoisotopic (exact) mass is 281 g/mol. The number of aromatic hydroxyl groups is 1. The van der Waals surface area contributed by atoms with Gasteiger partial charge in [0.15, 0.2) is 11.6 Å². The highest BCUT2D eigenvalue weighted by Crippen LogP contribution is 2.37. The van der Waals surface area contributed by atoms with Crippen LogP contribution in [0, 0.1) is 18.6 Å². The summed E-state index contributed by atoms with van der Waals surface area (Å²) < 4.78 is 29.0. The van der Waals surface area contributed by atoms with E-state index in [0.717, 1.165) is 12.1 Å². The Balaban J connectivity index is 2.75. The van der Waals surface area contributed by atoms with Crippen LogP contribution in [0.4, 0.5) is 14.6 Å². The van der Waals surface area contributed by atoms with Gasteiger partial charge in [0.2, 0.25) is 0 Å². The molecule has 0 bridgehead atoms. The van der Waals surface area contributed by atoms with Crippen molar-refractivity contribution in [3.63, 3.8) is 0 Å². The second kappa shape index (κ2) is 4.47. The van der Waals surface area contributed by atoms with Gasteiger partial charge in [-0.05, 0) is 33.8 Å². The third kappa shape index (κ3) is 2.21. The maximum atomic E-state index is 14.0. The van der Waals surface area contributed by atoms with E-state index in [1.165, 1.54) is 0 Å². The second-order valence-corrected chi connectivity index (χ2v) is 5.71. The number of phenols is 1. The van der Waals surface area contributed by atoms with Crippen LogP contribution in [-0.4, -0.2) is 14.9 Å². The van der Waals surface area contributed by atoms with E-state index in [1.54, 1.807) is 11.6 Å². The summed E-state index contributed by atoms with van der Waals surface area (Å²) in [4.78, 5) is 0. The predicted molar refractivity (Wildman–Crippen MR) is 73.4 cm³/mol. The molecule has 0 aliphatic rings. The van der Waals surface area contributed by atoms with Gasteiger partial charge in [-0.15, -0.1) is 0 Å².